The molecule has 0 N–H and O–H groups in total. The van der Waals surface area contributed by atoms with Crippen LogP contribution in [0.4, 0.5) is 18.9 Å². The van der Waals surface area contributed by atoms with Crippen LogP contribution in [0.1, 0.15) is 16.7 Å². The molecule has 132 valence electrons. The number of hydrogen-bond donors (Lipinski definition) is 0. The summed E-state index contributed by atoms with van der Waals surface area (Å²) in [5.41, 5.74) is 1.12. The van der Waals surface area contributed by atoms with Crippen LogP contribution in [-0.4, -0.2) is 18.2 Å². The van der Waals surface area contributed by atoms with E-state index in [1.54, 1.807) is 30.4 Å². The summed E-state index contributed by atoms with van der Waals surface area (Å²) in [7, 11) is 1.31. The van der Waals surface area contributed by atoms with Crippen molar-refractivity contribution in [2.45, 2.75) is 12.6 Å². The Hall–Kier alpha value is -2.35. The van der Waals surface area contributed by atoms with Gasteiger partial charge in [0, 0.05) is 27.7 Å². The van der Waals surface area contributed by atoms with Gasteiger partial charge in [0.2, 0.25) is 0 Å². The molecule has 0 aliphatic heterocycles. The molecule has 8 heteroatoms. The largest absolute Gasteiger partial charge is 0.496 e. The molecule has 0 saturated carbocycles. The van der Waals surface area contributed by atoms with Crippen LogP contribution in [0, 0.1) is 10.1 Å². The first-order valence-corrected chi connectivity index (χ1v) is 7.84. The number of nitrogens with zero attached hydrogens (tertiary/aromatic N) is 1. The van der Waals surface area contributed by atoms with Gasteiger partial charge in [-0.2, -0.15) is 13.2 Å². The first-order valence-electron chi connectivity index (χ1n) is 7.05. The Morgan fingerprint density at radius 1 is 1.20 bits per heavy atom. The molecule has 2 rings (SSSR count). The Labute approximate surface area is 150 Å². The van der Waals surface area contributed by atoms with Gasteiger partial charge in [-0.25, -0.2) is 0 Å². The van der Waals surface area contributed by atoms with Crippen molar-refractivity contribution in [3.63, 3.8) is 0 Å². The lowest BCUT2D eigenvalue weighted by molar-refractivity contribution is -0.384. The third kappa shape index (κ3) is 5.32. The molecule has 2 aromatic carbocycles. The smallest absolute Gasteiger partial charge is 0.393 e. The molecule has 0 aromatic heterocycles. The second-order valence-electron chi connectivity index (χ2n) is 5.16. The fraction of sp³-hybridized carbons (Fsp3) is 0.176. The maximum atomic E-state index is 12.7. The summed E-state index contributed by atoms with van der Waals surface area (Å²) < 4.78 is 43.8. The summed E-state index contributed by atoms with van der Waals surface area (Å²) in [6, 6.07) is 8.82. The van der Waals surface area contributed by atoms with E-state index in [4.69, 9.17) is 4.74 Å². The lowest BCUT2D eigenvalue weighted by Crippen LogP contribution is -2.12. The lowest BCUT2D eigenvalue weighted by atomic mass is 10.0. The molecule has 0 aliphatic carbocycles. The Kier molecular flexibility index (Phi) is 5.84. The molecule has 0 spiro atoms. The van der Waals surface area contributed by atoms with Crippen LogP contribution in [0.5, 0.6) is 5.75 Å². The molecule has 0 heterocycles. The van der Waals surface area contributed by atoms with E-state index in [0.29, 0.717) is 15.6 Å². The van der Waals surface area contributed by atoms with Gasteiger partial charge in [0.05, 0.1) is 18.5 Å². The van der Waals surface area contributed by atoms with Gasteiger partial charge < -0.3 is 4.74 Å². The highest BCUT2D eigenvalue weighted by Crippen LogP contribution is 2.34. The van der Waals surface area contributed by atoms with Crippen molar-refractivity contribution in [1.82, 2.24) is 0 Å². The second kappa shape index (κ2) is 7.69. The molecule has 0 bridgehead atoms. The third-order valence-corrected chi connectivity index (χ3v) is 3.77. The lowest BCUT2D eigenvalue weighted by Gasteiger charge is -2.14. The predicted octanol–water partition coefficient (Wildman–Crippen LogP) is 5.64. The number of rotatable bonds is 5. The quantitative estimate of drug-likeness (QED) is 0.360. The summed E-state index contributed by atoms with van der Waals surface area (Å²) in [6.45, 7) is 0. The average molecular weight is 416 g/mol. The van der Waals surface area contributed by atoms with Crippen LogP contribution in [0.2, 0.25) is 0 Å². The number of benzene rings is 2. The molecule has 0 atom stereocenters. The van der Waals surface area contributed by atoms with Crippen molar-refractivity contribution < 1.29 is 22.8 Å². The van der Waals surface area contributed by atoms with Crippen LogP contribution in [0.3, 0.4) is 0 Å². The maximum absolute atomic E-state index is 12.7. The monoisotopic (exact) mass is 415 g/mol. The number of nitro groups is 1. The second-order valence-corrected chi connectivity index (χ2v) is 6.08. The Morgan fingerprint density at radius 3 is 2.36 bits per heavy atom. The Bertz CT molecular complexity index is 802. The zero-order valence-electron chi connectivity index (χ0n) is 13.0. The van der Waals surface area contributed by atoms with E-state index < -0.39 is 17.5 Å². The van der Waals surface area contributed by atoms with Crippen LogP contribution < -0.4 is 4.74 Å². The fourth-order valence-corrected chi connectivity index (χ4v) is 2.81. The van der Waals surface area contributed by atoms with Crippen molar-refractivity contribution in [3.8, 4) is 5.75 Å². The van der Waals surface area contributed by atoms with Gasteiger partial charge in [-0.05, 0) is 29.8 Å². The van der Waals surface area contributed by atoms with E-state index in [0.717, 1.165) is 0 Å². The van der Waals surface area contributed by atoms with Crippen LogP contribution in [0.25, 0.3) is 12.2 Å². The van der Waals surface area contributed by atoms with Gasteiger partial charge >= 0.3 is 6.18 Å². The average Bonchev–Trinajstić information content (AvgIpc) is 2.51. The summed E-state index contributed by atoms with van der Waals surface area (Å²) in [6.07, 6.45) is -2.21. The van der Waals surface area contributed by atoms with Crippen molar-refractivity contribution >= 4 is 33.8 Å². The van der Waals surface area contributed by atoms with Crippen LogP contribution in [0.15, 0.2) is 40.9 Å². The molecule has 0 aliphatic rings. The number of hydrogen-bond acceptors (Lipinski definition) is 3. The SMILES string of the molecule is COc1c(C=Cc2ccc([N+](=O)[O-])cc2)cc(Br)cc1CC(F)(F)F. The minimum Gasteiger partial charge on any atom is -0.496 e. The van der Waals surface area contributed by atoms with E-state index in [-0.39, 0.29) is 17.0 Å². The molecule has 0 radical (unpaired) electrons. The standard InChI is InChI=1S/C17H13BrF3NO3/c1-25-16-12(8-14(18)9-13(16)10-17(19,20)21)5-2-11-3-6-15(7-4-11)22(23)24/h2-9H,10H2,1H3. The van der Waals surface area contributed by atoms with Gasteiger partial charge in [0.25, 0.3) is 5.69 Å². The van der Waals surface area contributed by atoms with E-state index in [2.05, 4.69) is 15.9 Å². The van der Waals surface area contributed by atoms with E-state index in [1.807, 2.05) is 0 Å². The number of ether oxygens (including phenoxy) is 1. The summed E-state index contributed by atoms with van der Waals surface area (Å²) in [5, 5.41) is 10.6. The van der Waals surface area contributed by atoms with E-state index >= 15 is 0 Å². The number of alkyl halides is 3. The van der Waals surface area contributed by atoms with Crippen LogP contribution in [-0.2, 0) is 6.42 Å². The summed E-state index contributed by atoms with van der Waals surface area (Å²) >= 11 is 3.20. The molecular formula is C17H13BrF3NO3. The first-order chi connectivity index (χ1) is 11.7. The van der Waals surface area contributed by atoms with Crippen molar-refractivity contribution in [2.75, 3.05) is 7.11 Å². The van der Waals surface area contributed by atoms with Crippen LogP contribution >= 0.6 is 15.9 Å². The van der Waals surface area contributed by atoms with Crippen molar-refractivity contribution in [2.24, 2.45) is 0 Å². The van der Waals surface area contributed by atoms with Gasteiger partial charge in [-0.15, -0.1) is 0 Å². The molecule has 0 unspecified atom stereocenters. The normalized spacial score (nSPS) is 11.7. The fourth-order valence-electron chi connectivity index (χ4n) is 2.29. The third-order valence-electron chi connectivity index (χ3n) is 3.31. The minimum atomic E-state index is -4.35. The Balaban J connectivity index is 2.36. The number of methoxy groups -OCH3 is 1. The van der Waals surface area contributed by atoms with Gasteiger partial charge in [0.15, 0.2) is 0 Å². The van der Waals surface area contributed by atoms with Crippen molar-refractivity contribution in [1.29, 1.82) is 0 Å². The molecule has 25 heavy (non-hydrogen) atoms. The number of halogens is 4. The van der Waals surface area contributed by atoms with Crippen molar-refractivity contribution in [3.05, 3.63) is 67.7 Å². The van der Waals surface area contributed by atoms with E-state index in [1.165, 1.54) is 25.3 Å². The number of nitro benzene ring substituents is 1. The maximum Gasteiger partial charge on any atom is 0.393 e. The Morgan fingerprint density at radius 2 is 1.84 bits per heavy atom. The van der Waals surface area contributed by atoms with Gasteiger partial charge in [-0.3, -0.25) is 10.1 Å². The summed E-state index contributed by atoms with van der Waals surface area (Å²) in [5.74, 6) is 0.138. The molecule has 4 nitrogen and oxygen atoms in total. The highest BCUT2D eigenvalue weighted by atomic mass is 79.9. The highest BCUT2D eigenvalue weighted by Gasteiger charge is 2.30. The topological polar surface area (TPSA) is 52.4 Å². The van der Waals surface area contributed by atoms with E-state index in [9.17, 15) is 23.3 Å². The summed E-state index contributed by atoms with van der Waals surface area (Å²) in [4.78, 5) is 10.1. The predicted molar refractivity (Wildman–Crippen MR) is 92.5 cm³/mol. The number of non-ortho nitro benzene ring substituents is 1. The van der Waals surface area contributed by atoms with Gasteiger partial charge in [0.1, 0.15) is 5.75 Å². The molecule has 0 saturated heterocycles. The highest BCUT2D eigenvalue weighted by molar-refractivity contribution is 9.10. The first kappa shape index (κ1) is 19.0. The van der Waals surface area contributed by atoms with Gasteiger partial charge in [-0.1, -0.05) is 28.1 Å². The minimum absolute atomic E-state index is 0.0210. The molecule has 0 amide bonds. The molecule has 2 aromatic rings. The zero-order valence-corrected chi connectivity index (χ0v) is 14.6. The zero-order chi connectivity index (χ0) is 18.6. The molecule has 0 fully saturated rings. The molecular weight excluding hydrogens is 403 g/mol.